The van der Waals surface area contributed by atoms with Crippen LogP contribution in [0.2, 0.25) is 4.34 Å². The number of para-hydroxylation sites is 1. The maximum absolute atomic E-state index is 13.1. The first-order chi connectivity index (χ1) is 14.5. The summed E-state index contributed by atoms with van der Waals surface area (Å²) in [6.07, 6.45) is 3.25. The van der Waals surface area contributed by atoms with Crippen LogP contribution < -0.4 is 5.56 Å². The Balaban J connectivity index is 1.61. The van der Waals surface area contributed by atoms with E-state index in [4.69, 9.17) is 11.6 Å². The molecular weight excluding hydrogens is 440 g/mol. The summed E-state index contributed by atoms with van der Waals surface area (Å²) in [6, 6.07) is 14.5. The predicted octanol–water partition coefficient (Wildman–Crippen LogP) is 4.25. The molecule has 0 N–H and O–H groups in total. The van der Waals surface area contributed by atoms with Crippen LogP contribution in [0.5, 0.6) is 0 Å². The van der Waals surface area contributed by atoms with Gasteiger partial charge in [0.05, 0.1) is 39.4 Å². The van der Waals surface area contributed by atoms with E-state index < -0.39 is 0 Å². The highest BCUT2D eigenvalue weighted by atomic mass is 35.5. The Morgan fingerprint density at radius 2 is 2.03 bits per heavy atom. The molecule has 0 unspecified atom stereocenters. The Morgan fingerprint density at radius 1 is 1.20 bits per heavy atom. The number of hydrogen-bond donors (Lipinski definition) is 0. The van der Waals surface area contributed by atoms with E-state index in [-0.39, 0.29) is 17.2 Å². The second-order valence-corrected chi connectivity index (χ2v) is 9.25. The Kier molecular flexibility index (Phi) is 6.17. The van der Waals surface area contributed by atoms with E-state index in [1.54, 1.807) is 54.7 Å². The number of fused-ring (bicyclic) bond motifs is 1. The molecule has 0 fully saturated rings. The van der Waals surface area contributed by atoms with Crippen molar-refractivity contribution in [2.24, 2.45) is 0 Å². The number of thiophene rings is 1. The lowest BCUT2D eigenvalue weighted by molar-refractivity contribution is -0.127. The van der Waals surface area contributed by atoms with Crippen LogP contribution in [0, 0.1) is 0 Å². The van der Waals surface area contributed by atoms with Gasteiger partial charge in [0.2, 0.25) is 5.91 Å². The molecule has 0 aliphatic rings. The van der Waals surface area contributed by atoms with Crippen molar-refractivity contribution in [3.8, 4) is 5.69 Å². The molecule has 4 rings (SSSR count). The molecule has 1 amide bonds. The van der Waals surface area contributed by atoms with Crippen molar-refractivity contribution < 1.29 is 4.79 Å². The lowest BCUT2D eigenvalue weighted by atomic mass is 10.2. The third-order valence-electron chi connectivity index (χ3n) is 4.42. The summed E-state index contributed by atoms with van der Waals surface area (Å²) in [5.41, 5.74) is 1.02. The number of aromatic nitrogens is 3. The second kappa shape index (κ2) is 8.99. The smallest absolute Gasteiger partial charge is 0.266 e. The molecule has 9 heteroatoms. The fourth-order valence-corrected chi connectivity index (χ4v) is 5.01. The lowest BCUT2D eigenvalue weighted by Crippen LogP contribution is -2.28. The van der Waals surface area contributed by atoms with Crippen molar-refractivity contribution >= 4 is 51.5 Å². The van der Waals surface area contributed by atoms with Crippen molar-refractivity contribution in [2.75, 3.05) is 12.8 Å². The van der Waals surface area contributed by atoms with E-state index in [2.05, 4.69) is 9.97 Å². The third-order valence-corrected chi connectivity index (χ3v) is 6.56. The van der Waals surface area contributed by atoms with Crippen LogP contribution in [0.25, 0.3) is 16.6 Å². The van der Waals surface area contributed by atoms with Gasteiger partial charge in [0.25, 0.3) is 5.56 Å². The van der Waals surface area contributed by atoms with Crippen LogP contribution in [0.1, 0.15) is 4.88 Å². The van der Waals surface area contributed by atoms with Gasteiger partial charge in [-0.3, -0.25) is 19.1 Å². The summed E-state index contributed by atoms with van der Waals surface area (Å²) in [5.74, 6) is 0.0883. The molecule has 4 aromatic rings. The maximum Gasteiger partial charge on any atom is 0.266 e. The average Bonchev–Trinajstić information content (AvgIpc) is 3.17. The molecule has 0 aliphatic carbocycles. The summed E-state index contributed by atoms with van der Waals surface area (Å²) in [6.45, 7) is 0.483. The number of carbonyl (C=O) groups is 1. The monoisotopic (exact) mass is 456 g/mol. The molecule has 152 valence electrons. The van der Waals surface area contributed by atoms with Gasteiger partial charge in [-0.2, -0.15) is 0 Å². The Hall–Kier alpha value is -2.68. The molecular formula is C21H17ClN4O2S2. The normalized spacial score (nSPS) is 11.0. The zero-order chi connectivity index (χ0) is 21.1. The number of benzene rings is 1. The highest BCUT2D eigenvalue weighted by Gasteiger charge is 2.17. The quantitative estimate of drug-likeness (QED) is 0.320. The molecule has 0 spiro atoms. The number of rotatable bonds is 6. The summed E-state index contributed by atoms with van der Waals surface area (Å²) >= 11 is 8.65. The Bertz CT molecular complexity index is 1260. The van der Waals surface area contributed by atoms with Gasteiger partial charge in [-0.1, -0.05) is 35.5 Å². The minimum atomic E-state index is -0.190. The summed E-state index contributed by atoms with van der Waals surface area (Å²) in [7, 11) is 1.75. The first-order valence-electron chi connectivity index (χ1n) is 9.06. The van der Waals surface area contributed by atoms with Crippen molar-refractivity contribution in [3.63, 3.8) is 0 Å². The molecule has 0 atom stereocenters. The molecule has 0 bridgehead atoms. The fourth-order valence-electron chi connectivity index (χ4n) is 2.92. The molecule has 0 saturated heterocycles. The number of hydrogen-bond acceptors (Lipinski definition) is 6. The van der Waals surface area contributed by atoms with Crippen molar-refractivity contribution in [1.82, 2.24) is 19.4 Å². The van der Waals surface area contributed by atoms with Gasteiger partial charge in [0, 0.05) is 18.1 Å². The van der Waals surface area contributed by atoms with Gasteiger partial charge in [-0.15, -0.1) is 11.3 Å². The molecule has 6 nitrogen and oxygen atoms in total. The van der Waals surface area contributed by atoms with E-state index in [1.165, 1.54) is 27.7 Å². The third kappa shape index (κ3) is 4.40. The van der Waals surface area contributed by atoms with Gasteiger partial charge >= 0.3 is 0 Å². The summed E-state index contributed by atoms with van der Waals surface area (Å²) in [4.78, 5) is 37.2. The number of halogens is 1. The highest BCUT2D eigenvalue weighted by Crippen LogP contribution is 2.24. The average molecular weight is 457 g/mol. The molecule has 0 aliphatic heterocycles. The molecule has 30 heavy (non-hydrogen) atoms. The first-order valence-corrected chi connectivity index (χ1v) is 11.2. The largest absolute Gasteiger partial charge is 0.340 e. The van der Waals surface area contributed by atoms with Crippen molar-refractivity contribution in [3.05, 3.63) is 80.5 Å². The van der Waals surface area contributed by atoms with Crippen LogP contribution >= 0.6 is 34.7 Å². The summed E-state index contributed by atoms with van der Waals surface area (Å²) in [5, 5.41) is 0.969. The van der Waals surface area contributed by atoms with Gasteiger partial charge < -0.3 is 4.90 Å². The van der Waals surface area contributed by atoms with Crippen LogP contribution in [0.15, 0.2) is 70.9 Å². The van der Waals surface area contributed by atoms with Crippen LogP contribution in [-0.4, -0.2) is 38.1 Å². The van der Waals surface area contributed by atoms with Gasteiger partial charge in [0.1, 0.15) is 0 Å². The Labute approximate surface area is 186 Å². The highest BCUT2D eigenvalue weighted by molar-refractivity contribution is 7.99. The van der Waals surface area contributed by atoms with Gasteiger partial charge in [0.15, 0.2) is 5.16 Å². The number of pyridine rings is 1. The lowest BCUT2D eigenvalue weighted by Gasteiger charge is -2.17. The summed E-state index contributed by atoms with van der Waals surface area (Å²) < 4.78 is 2.20. The maximum atomic E-state index is 13.1. The standard InChI is InChI=1S/C21H17ClN4O2S2/c1-25(12-15-8-9-18(22)30-15)19(27)13-29-21-24-17-7-3-2-6-16(17)20(28)26(21)14-5-4-10-23-11-14/h2-11H,12-13H2,1H3. The van der Waals surface area contributed by atoms with Crippen LogP contribution in [0.3, 0.4) is 0 Å². The van der Waals surface area contributed by atoms with Crippen molar-refractivity contribution in [2.45, 2.75) is 11.7 Å². The SMILES string of the molecule is CN(Cc1ccc(Cl)s1)C(=O)CSc1nc2ccccc2c(=O)n1-c1cccnc1. The minimum absolute atomic E-state index is 0.0651. The predicted molar refractivity (Wildman–Crippen MR) is 122 cm³/mol. The molecule has 3 aromatic heterocycles. The zero-order valence-electron chi connectivity index (χ0n) is 16.0. The molecule has 1 aromatic carbocycles. The number of amides is 1. The van der Waals surface area contributed by atoms with E-state index in [0.717, 1.165) is 4.88 Å². The molecule has 0 saturated carbocycles. The fraction of sp³-hybridized carbons (Fsp3) is 0.143. The number of nitrogens with zero attached hydrogens (tertiary/aromatic N) is 4. The zero-order valence-corrected chi connectivity index (χ0v) is 18.4. The van der Waals surface area contributed by atoms with E-state index in [0.29, 0.717) is 32.6 Å². The van der Waals surface area contributed by atoms with E-state index in [9.17, 15) is 9.59 Å². The van der Waals surface area contributed by atoms with E-state index >= 15 is 0 Å². The van der Waals surface area contributed by atoms with Gasteiger partial charge in [-0.05, 0) is 36.4 Å². The van der Waals surface area contributed by atoms with E-state index in [1.807, 2.05) is 18.2 Å². The first kappa shape index (κ1) is 20.6. The second-order valence-electron chi connectivity index (χ2n) is 6.51. The number of carbonyl (C=O) groups excluding carboxylic acids is 1. The Morgan fingerprint density at radius 3 is 2.77 bits per heavy atom. The molecule has 3 heterocycles. The van der Waals surface area contributed by atoms with Crippen molar-refractivity contribution in [1.29, 1.82) is 0 Å². The van der Waals surface area contributed by atoms with Crippen LogP contribution in [0.4, 0.5) is 0 Å². The minimum Gasteiger partial charge on any atom is -0.340 e. The molecule has 0 radical (unpaired) electrons. The van der Waals surface area contributed by atoms with Gasteiger partial charge in [-0.25, -0.2) is 4.98 Å². The number of thioether (sulfide) groups is 1. The topological polar surface area (TPSA) is 68.1 Å². The van der Waals surface area contributed by atoms with Crippen LogP contribution in [-0.2, 0) is 11.3 Å².